The molecule has 1 N–H and O–H groups in total. The lowest BCUT2D eigenvalue weighted by molar-refractivity contribution is 0.155. The summed E-state index contributed by atoms with van der Waals surface area (Å²) in [6.07, 6.45) is 5.79. The van der Waals surface area contributed by atoms with E-state index in [1.165, 1.54) is 19.3 Å². The molecule has 98 valence electrons. The van der Waals surface area contributed by atoms with Gasteiger partial charge in [0.2, 0.25) is 0 Å². The number of hydrogen-bond acceptors (Lipinski definition) is 2. The van der Waals surface area contributed by atoms with Gasteiger partial charge in [-0.1, -0.05) is 32.4 Å². The molecule has 0 saturated heterocycles. The van der Waals surface area contributed by atoms with Gasteiger partial charge in [0, 0.05) is 12.2 Å². The molecule has 2 bridgehead atoms. The van der Waals surface area contributed by atoms with Crippen molar-refractivity contribution in [2.75, 3.05) is 5.32 Å². The second kappa shape index (κ2) is 3.86. The number of pyridine rings is 1. The van der Waals surface area contributed by atoms with E-state index in [0.29, 0.717) is 22.0 Å². The highest BCUT2D eigenvalue weighted by atomic mass is 35.5. The fraction of sp³-hybridized carbons (Fsp3) is 0.667. The third kappa shape index (κ3) is 1.65. The van der Waals surface area contributed by atoms with Crippen LogP contribution in [-0.4, -0.2) is 11.0 Å². The van der Waals surface area contributed by atoms with Crippen LogP contribution in [0.1, 0.15) is 40.0 Å². The second-order valence-electron chi connectivity index (χ2n) is 6.83. The van der Waals surface area contributed by atoms with Gasteiger partial charge in [-0.25, -0.2) is 4.98 Å². The lowest BCUT2D eigenvalue weighted by atomic mass is 9.68. The number of nitrogens with one attached hydrogen (secondary N) is 1. The molecule has 2 aliphatic rings. The summed E-state index contributed by atoms with van der Waals surface area (Å²) in [6, 6.07) is 4.46. The van der Waals surface area contributed by atoms with Gasteiger partial charge in [-0.05, 0) is 48.1 Å². The average molecular weight is 265 g/mol. The van der Waals surface area contributed by atoms with Crippen LogP contribution in [0.4, 0.5) is 5.69 Å². The molecule has 3 atom stereocenters. The van der Waals surface area contributed by atoms with Crippen LogP contribution in [0.15, 0.2) is 18.3 Å². The van der Waals surface area contributed by atoms with Gasteiger partial charge in [0.15, 0.2) is 5.15 Å². The first-order valence-corrected chi connectivity index (χ1v) is 7.18. The third-order valence-corrected chi connectivity index (χ3v) is 5.63. The largest absolute Gasteiger partial charge is 0.379 e. The highest BCUT2D eigenvalue weighted by molar-refractivity contribution is 6.31. The molecule has 2 nitrogen and oxygen atoms in total. The van der Waals surface area contributed by atoms with Gasteiger partial charge >= 0.3 is 0 Å². The fourth-order valence-electron chi connectivity index (χ4n) is 4.31. The molecule has 1 heterocycles. The average Bonchev–Trinajstić information content (AvgIpc) is 2.78. The van der Waals surface area contributed by atoms with Gasteiger partial charge in [-0.3, -0.25) is 0 Å². The van der Waals surface area contributed by atoms with E-state index in [4.69, 9.17) is 11.6 Å². The van der Waals surface area contributed by atoms with Gasteiger partial charge in [-0.2, -0.15) is 0 Å². The molecule has 2 saturated carbocycles. The lowest BCUT2D eigenvalue weighted by Gasteiger charge is -2.43. The molecule has 1 aromatic rings. The van der Waals surface area contributed by atoms with Crippen LogP contribution >= 0.6 is 11.6 Å². The van der Waals surface area contributed by atoms with Crippen molar-refractivity contribution in [2.24, 2.45) is 16.7 Å². The topological polar surface area (TPSA) is 24.9 Å². The quantitative estimate of drug-likeness (QED) is 0.803. The monoisotopic (exact) mass is 264 g/mol. The van der Waals surface area contributed by atoms with Gasteiger partial charge < -0.3 is 5.32 Å². The molecule has 3 heteroatoms. The SMILES string of the molecule is CC12CCC(C1)C(C)(C)C2Nc1cccnc1Cl. The van der Waals surface area contributed by atoms with E-state index < -0.39 is 0 Å². The number of aromatic nitrogens is 1. The van der Waals surface area contributed by atoms with Gasteiger partial charge in [0.1, 0.15) is 0 Å². The summed E-state index contributed by atoms with van der Waals surface area (Å²) < 4.78 is 0. The number of rotatable bonds is 2. The van der Waals surface area contributed by atoms with Crippen LogP contribution in [0.2, 0.25) is 5.15 Å². The standard InChI is InChI=1S/C15H21ClN2/c1-14(2)10-6-7-15(3,9-10)13(14)18-11-5-4-8-17-12(11)16/h4-5,8,10,13,18H,6-7,9H2,1-3H3. The Kier molecular flexibility index (Phi) is 2.64. The molecule has 0 amide bonds. The summed E-state index contributed by atoms with van der Waals surface area (Å²) in [5.41, 5.74) is 1.73. The Bertz CT molecular complexity index is 467. The van der Waals surface area contributed by atoms with Crippen molar-refractivity contribution in [3.05, 3.63) is 23.5 Å². The predicted molar refractivity (Wildman–Crippen MR) is 75.9 cm³/mol. The number of fused-ring (bicyclic) bond motifs is 2. The highest BCUT2D eigenvalue weighted by Gasteiger charge is 2.59. The summed E-state index contributed by atoms with van der Waals surface area (Å²) in [4.78, 5) is 4.16. The summed E-state index contributed by atoms with van der Waals surface area (Å²) in [7, 11) is 0. The predicted octanol–water partition coefficient (Wildman–Crippen LogP) is 4.36. The fourth-order valence-corrected chi connectivity index (χ4v) is 4.49. The Labute approximate surface area is 114 Å². The molecule has 18 heavy (non-hydrogen) atoms. The Hall–Kier alpha value is -0.760. The van der Waals surface area contributed by atoms with Crippen LogP contribution in [0.5, 0.6) is 0 Å². The zero-order chi connectivity index (χ0) is 13.0. The van der Waals surface area contributed by atoms with Crippen LogP contribution in [0, 0.1) is 16.7 Å². The maximum atomic E-state index is 6.17. The number of nitrogens with zero attached hydrogens (tertiary/aromatic N) is 1. The first-order valence-electron chi connectivity index (χ1n) is 6.80. The van der Waals surface area contributed by atoms with E-state index >= 15 is 0 Å². The summed E-state index contributed by atoms with van der Waals surface area (Å²) >= 11 is 6.17. The highest BCUT2D eigenvalue weighted by Crippen LogP contribution is 2.63. The minimum absolute atomic E-state index is 0.339. The molecule has 0 aliphatic heterocycles. The zero-order valence-corrected chi connectivity index (χ0v) is 12.1. The van der Waals surface area contributed by atoms with Crippen molar-refractivity contribution >= 4 is 17.3 Å². The van der Waals surface area contributed by atoms with Crippen molar-refractivity contribution in [2.45, 2.75) is 46.1 Å². The van der Waals surface area contributed by atoms with Gasteiger partial charge in [0.25, 0.3) is 0 Å². The molecular weight excluding hydrogens is 244 g/mol. The van der Waals surface area contributed by atoms with Crippen molar-refractivity contribution in [3.63, 3.8) is 0 Å². The molecule has 0 radical (unpaired) electrons. The van der Waals surface area contributed by atoms with Crippen LogP contribution in [0.25, 0.3) is 0 Å². The van der Waals surface area contributed by atoms with E-state index in [2.05, 4.69) is 31.1 Å². The number of anilines is 1. The van der Waals surface area contributed by atoms with Crippen molar-refractivity contribution in [1.82, 2.24) is 4.98 Å². The molecule has 0 spiro atoms. The summed E-state index contributed by atoms with van der Waals surface area (Å²) in [6.45, 7) is 7.21. The molecule has 3 unspecified atom stereocenters. The first kappa shape index (κ1) is 12.3. The maximum Gasteiger partial charge on any atom is 0.152 e. The number of halogens is 1. The van der Waals surface area contributed by atoms with Crippen LogP contribution in [0.3, 0.4) is 0 Å². The van der Waals surface area contributed by atoms with E-state index in [1.807, 2.05) is 12.1 Å². The Morgan fingerprint density at radius 2 is 2.17 bits per heavy atom. The second-order valence-corrected chi connectivity index (χ2v) is 7.19. The minimum atomic E-state index is 0.339. The van der Waals surface area contributed by atoms with E-state index in [-0.39, 0.29) is 0 Å². The zero-order valence-electron chi connectivity index (χ0n) is 11.3. The first-order chi connectivity index (χ1) is 8.43. The summed E-state index contributed by atoms with van der Waals surface area (Å²) in [5, 5.41) is 4.26. The molecule has 3 rings (SSSR count). The third-order valence-electron chi connectivity index (χ3n) is 5.33. The smallest absolute Gasteiger partial charge is 0.152 e. The van der Waals surface area contributed by atoms with Gasteiger partial charge in [0.05, 0.1) is 5.69 Å². The molecule has 2 aliphatic carbocycles. The molecular formula is C15H21ClN2. The lowest BCUT2D eigenvalue weighted by Crippen LogP contribution is -2.45. The normalized spacial score (nSPS) is 36.9. The van der Waals surface area contributed by atoms with Gasteiger partial charge in [-0.15, -0.1) is 0 Å². The number of hydrogen-bond donors (Lipinski definition) is 1. The molecule has 0 aromatic carbocycles. The minimum Gasteiger partial charge on any atom is -0.379 e. The Balaban J connectivity index is 1.91. The van der Waals surface area contributed by atoms with E-state index in [9.17, 15) is 0 Å². The molecule has 2 fully saturated rings. The summed E-state index contributed by atoms with van der Waals surface area (Å²) in [5.74, 6) is 0.843. The van der Waals surface area contributed by atoms with Crippen LogP contribution < -0.4 is 5.32 Å². The van der Waals surface area contributed by atoms with Crippen LogP contribution in [-0.2, 0) is 0 Å². The van der Waals surface area contributed by atoms with Crippen molar-refractivity contribution in [1.29, 1.82) is 0 Å². The van der Waals surface area contributed by atoms with E-state index in [1.54, 1.807) is 6.20 Å². The maximum absolute atomic E-state index is 6.17. The molecule has 1 aromatic heterocycles. The Morgan fingerprint density at radius 3 is 2.78 bits per heavy atom. The van der Waals surface area contributed by atoms with Crippen molar-refractivity contribution in [3.8, 4) is 0 Å². The van der Waals surface area contributed by atoms with Crippen molar-refractivity contribution < 1.29 is 0 Å². The van der Waals surface area contributed by atoms with E-state index in [0.717, 1.165) is 11.6 Å². The Morgan fingerprint density at radius 1 is 1.39 bits per heavy atom.